The molecule has 2 aliphatic rings. The third kappa shape index (κ3) is 4.91. The van der Waals surface area contributed by atoms with E-state index in [4.69, 9.17) is 9.15 Å². The number of anilines is 3. The van der Waals surface area contributed by atoms with E-state index in [2.05, 4.69) is 234 Å². The maximum Gasteiger partial charge on any atom is 0.137 e. The van der Waals surface area contributed by atoms with Crippen molar-refractivity contribution in [2.24, 2.45) is 0 Å². The fourth-order valence-corrected chi connectivity index (χ4v) is 11.9. The van der Waals surface area contributed by atoms with Crippen LogP contribution in [0.15, 0.2) is 235 Å². The number of para-hydroxylation sites is 3. The lowest BCUT2D eigenvalue weighted by Gasteiger charge is -2.45. The van der Waals surface area contributed by atoms with Gasteiger partial charge in [0.05, 0.1) is 33.2 Å². The molecule has 4 heteroatoms. The highest BCUT2D eigenvalue weighted by atomic mass is 16.5. The fraction of sp³-hybridized carbons (Fsp3) is 0.0159. The lowest BCUT2D eigenvalue weighted by molar-refractivity contribution is 0.435. The minimum atomic E-state index is -0.699. The zero-order valence-corrected chi connectivity index (χ0v) is 36.2. The van der Waals surface area contributed by atoms with Crippen molar-refractivity contribution in [3.63, 3.8) is 0 Å². The summed E-state index contributed by atoms with van der Waals surface area (Å²) in [7, 11) is 0. The second-order valence-electron chi connectivity index (χ2n) is 17.9. The van der Waals surface area contributed by atoms with Crippen molar-refractivity contribution in [1.29, 1.82) is 0 Å². The predicted octanol–water partition coefficient (Wildman–Crippen LogP) is 16.9. The second-order valence-corrected chi connectivity index (χ2v) is 17.9. The third-order valence-corrected chi connectivity index (χ3v) is 14.6. The molecule has 1 aliphatic heterocycles. The van der Waals surface area contributed by atoms with Gasteiger partial charge < -0.3 is 18.6 Å². The first-order valence-electron chi connectivity index (χ1n) is 23.0. The minimum Gasteiger partial charge on any atom is -0.457 e. The van der Waals surface area contributed by atoms with Gasteiger partial charge in [0.15, 0.2) is 0 Å². The summed E-state index contributed by atoms with van der Waals surface area (Å²) in [4.78, 5) is 2.44. The van der Waals surface area contributed by atoms with Crippen molar-refractivity contribution in [1.82, 2.24) is 4.57 Å². The number of rotatable bonds is 4. The Kier molecular flexibility index (Phi) is 7.40. The van der Waals surface area contributed by atoms with Crippen molar-refractivity contribution in [3.05, 3.63) is 253 Å². The molecule has 1 unspecified atom stereocenters. The van der Waals surface area contributed by atoms with Crippen molar-refractivity contribution < 1.29 is 9.15 Å². The second kappa shape index (κ2) is 13.6. The van der Waals surface area contributed by atoms with Gasteiger partial charge in [-0.3, -0.25) is 0 Å². The highest BCUT2D eigenvalue weighted by molar-refractivity contribution is 6.15. The summed E-state index contributed by atoms with van der Waals surface area (Å²) in [6.45, 7) is 0. The first kappa shape index (κ1) is 36.5. The van der Waals surface area contributed by atoms with E-state index in [0.29, 0.717) is 0 Å². The van der Waals surface area contributed by atoms with Gasteiger partial charge in [0, 0.05) is 44.0 Å². The molecule has 1 atom stereocenters. The Morgan fingerprint density at radius 1 is 0.373 bits per heavy atom. The Morgan fingerprint density at radius 2 is 1.00 bits per heavy atom. The number of hydrogen-bond acceptors (Lipinski definition) is 3. The van der Waals surface area contributed by atoms with E-state index in [1.54, 1.807) is 0 Å². The van der Waals surface area contributed by atoms with Crippen molar-refractivity contribution in [2.45, 2.75) is 5.41 Å². The van der Waals surface area contributed by atoms with Gasteiger partial charge in [-0.1, -0.05) is 164 Å². The van der Waals surface area contributed by atoms with Gasteiger partial charge in [0.25, 0.3) is 0 Å². The first-order valence-corrected chi connectivity index (χ1v) is 23.0. The van der Waals surface area contributed by atoms with E-state index in [1.807, 2.05) is 6.07 Å². The van der Waals surface area contributed by atoms with Gasteiger partial charge in [0.2, 0.25) is 0 Å². The fourth-order valence-electron chi connectivity index (χ4n) is 11.9. The Bertz CT molecular complexity index is 4220. The number of ether oxygens (including phenoxy) is 1. The van der Waals surface area contributed by atoms with E-state index < -0.39 is 5.41 Å². The van der Waals surface area contributed by atoms with E-state index >= 15 is 0 Å². The van der Waals surface area contributed by atoms with Crippen LogP contribution in [0.3, 0.4) is 0 Å². The molecule has 312 valence electrons. The normalized spacial score (nSPS) is 14.7. The summed E-state index contributed by atoms with van der Waals surface area (Å²) in [6, 6.07) is 83.9. The molecule has 67 heavy (non-hydrogen) atoms. The number of aromatic nitrogens is 1. The molecule has 4 nitrogen and oxygen atoms in total. The lowest BCUT2D eigenvalue weighted by atomic mass is 9.58. The van der Waals surface area contributed by atoms with Crippen LogP contribution in [0.25, 0.3) is 82.1 Å². The zero-order chi connectivity index (χ0) is 43.8. The molecule has 11 aromatic carbocycles. The summed E-state index contributed by atoms with van der Waals surface area (Å²) in [5.41, 5.74) is 14.7. The van der Waals surface area contributed by atoms with Crippen LogP contribution in [-0.2, 0) is 5.41 Å². The monoisotopic (exact) mass is 854 g/mol. The van der Waals surface area contributed by atoms with Gasteiger partial charge >= 0.3 is 0 Å². The van der Waals surface area contributed by atoms with Crippen LogP contribution in [0, 0.1) is 0 Å². The quantitative estimate of drug-likeness (QED) is 0.177. The molecule has 3 heterocycles. The molecule has 13 aromatic rings. The van der Waals surface area contributed by atoms with E-state index in [-0.39, 0.29) is 0 Å². The van der Waals surface area contributed by atoms with Gasteiger partial charge in [-0.15, -0.1) is 0 Å². The summed E-state index contributed by atoms with van der Waals surface area (Å²) in [5, 5.41) is 9.44. The molecular weight excluding hydrogens is 817 g/mol. The molecule has 1 spiro atoms. The van der Waals surface area contributed by atoms with E-state index in [1.165, 1.54) is 54.6 Å². The standard InChI is InChI=1S/C63H38N2O2/c1-2-19-43-39(15-1)16-13-28-53(43)65-54-27-8-4-21-45(54)46-35-33-42(38-56(46)65)64(55-29-14-32-60-62(55)48-22-5-9-30-57(48)66-60)41-34-36-59-52(37-41)63(50-25-7-10-31-58(50)67-59)49-24-6-3-20-44(49)47-23-11-17-40-18-12-26-51(63)61(40)47/h1-38H. The van der Waals surface area contributed by atoms with Gasteiger partial charge in [-0.25, -0.2) is 0 Å². The molecule has 0 fully saturated rings. The van der Waals surface area contributed by atoms with Crippen molar-refractivity contribution >= 4 is 82.4 Å². The van der Waals surface area contributed by atoms with Gasteiger partial charge in [-0.2, -0.15) is 0 Å². The topological polar surface area (TPSA) is 30.5 Å². The number of nitrogens with zero attached hydrogens (tertiary/aromatic N) is 2. The number of furan rings is 1. The van der Waals surface area contributed by atoms with Crippen LogP contribution in [-0.4, -0.2) is 4.57 Å². The largest absolute Gasteiger partial charge is 0.457 e. The summed E-state index contributed by atoms with van der Waals surface area (Å²) in [6.07, 6.45) is 0. The van der Waals surface area contributed by atoms with Crippen molar-refractivity contribution in [2.75, 3.05) is 4.90 Å². The third-order valence-electron chi connectivity index (χ3n) is 14.6. The Morgan fingerprint density at radius 3 is 1.94 bits per heavy atom. The van der Waals surface area contributed by atoms with Crippen LogP contribution < -0.4 is 9.64 Å². The molecule has 0 N–H and O–H groups in total. The van der Waals surface area contributed by atoms with Crippen LogP contribution in [0.1, 0.15) is 22.3 Å². The summed E-state index contributed by atoms with van der Waals surface area (Å²) in [5.74, 6) is 1.71. The zero-order valence-electron chi connectivity index (χ0n) is 36.2. The molecule has 0 radical (unpaired) electrons. The highest BCUT2D eigenvalue weighted by Crippen LogP contribution is 2.62. The maximum absolute atomic E-state index is 7.02. The first-order chi connectivity index (χ1) is 33.2. The SMILES string of the molecule is c1ccc2c(c1)Oc1ccc(N(c3ccc4c5ccccc5n(-c5cccc6ccccc56)c4c3)c3cccc4oc5ccccc5c34)cc1C21c2ccccc2-c2cccc3cccc1c23. The van der Waals surface area contributed by atoms with Gasteiger partial charge in [0.1, 0.15) is 22.7 Å². The molecule has 15 rings (SSSR count). The molecule has 0 saturated heterocycles. The molecular formula is C63H38N2O2. The van der Waals surface area contributed by atoms with Crippen LogP contribution >= 0.6 is 0 Å². The highest BCUT2D eigenvalue weighted by Gasteiger charge is 2.49. The molecule has 0 bridgehead atoms. The van der Waals surface area contributed by atoms with Crippen LogP contribution in [0.4, 0.5) is 17.1 Å². The maximum atomic E-state index is 7.02. The van der Waals surface area contributed by atoms with E-state index in [0.717, 1.165) is 78.3 Å². The van der Waals surface area contributed by atoms with Gasteiger partial charge in [-0.05, 0) is 105 Å². The number of fused-ring (bicyclic) bond motifs is 15. The summed E-state index contributed by atoms with van der Waals surface area (Å²) >= 11 is 0. The Hall–Kier alpha value is -8.86. The molecule has 0 amide bonds. The molecule has 2 aromatic heterocycles. The molecule has 0 saturated carbocycles. The number of hydrogen-bond donors (Lipinski definition) is 0. The Labute approximate surface area is 385 Å². The summed E-state index contributed by atoms with van der Waals surface area (Å²) < 4.78 is 16.1. The van der Waals surface area contributed by atoms with Crippen LogP contribution in [0.2, 0.25) is 0 Å². The number of benzene rings is 11. The molecule has 1 aliphatic carbocycles. The average molecular weight is 855 g/mol. The minimum absolute atomic E-state index is 0.699. The predicted molar refractivity (Wildman–Crippen MR) is 275 cm³/mol. The Balaban J connectivity index is 1.06. The van der Waals surface area contributed by atoms with Crippen LogP contribution in [0.5, 0.6) is 11.5 Å². The smallest absolute Gasteiger partial charge is 0.137 e. The lowest BCUT2D eigenvalue weighted by Crippen LogP contribution is -2.36. The average Bonchev–Trinajstić information content (AvgIpc) is 3.93. The van der Waals surface area contributed by atoms with E-state index in [9.17, 15) is 0 Å². The van der Waals surface area contributed by atoms with Crippen molar-refractivity contribution in [3.8, 4) is 28.3 Å².